The summed E-state index contributed by atoms with van der Waals surface area (Å²) in [4.78, 5) is 16.4. The SMILES string of the molecule is CC.CN1CCN(C(=O)OC(C)(C)C)CC1Cc1ccccc1. The van der Waals surface area contributed by atoms with Gasteiger partial charge in [0.2, 0.25) is 0 Å². The van der Waals surface area contributed by atoms with Gasteiger partial charge in [-0.3, -0.25) is 4.90 Å². The third-order valence-electron chi connectivity index (χ3n) is 3.74. The highest BCUT2D eigenvalue weighted by Crippen LogP contribution is 2.16. The molecule has 1 aromatic rings. The molecule has 1 saturated heterocycles. The van der Waals surface area contributed by atoms with Crippen molar-refractivity contribution in [3.05, 3.63) is 35.9 Å². The Labute approximate surface area is 141 Å². The summed E-state index contributed by atoms with van der Waals surface area (Å²) in [6, 6.07) is 10.8. The molecule has 0 aliphatic carbocycles. The molecule has 0 bridgehead atoms. The Bertz CT molecular complexity index is 468. The highest BCUT2D eigenvalue weighted by atomic mass is 16.6. The first-order valence-corrected chi connectivity index (χ1v) is 8.57. The Morgan fingerprint density at radius 2 is 1.78 bits per heavy atom. The van der Waals surface area contributed by atoms with Crippen molar-refractivity contribution in [1.82, 2.24) is 9.80 Å². The van der Waals surface area contributed by atoms with Crippen molar-refractivity contribution < 1.29 is 9.53 Å². The fourth-order valence-corrected chi connectivity index (χ4v) is 2.54. The number of piperazine rings is 1. The van der Waals surface area contributed by atoms with Gasteiger partial charge in [-0.15, -0.1) is 0 Å². The molecule has 4 nitrogen and oxygen atoms in total. The molecule has 0 aromatic heterocycles. The van der Waals surface area contributed by atoms with Crippen molar-refractivity contribution in [3.8, 4) is 0 Å². The first-order chi connectivity index (χ1) is 10.8. The van der Waals surface area contributed by atoms with Crippen LogP contribution in [0.15, 0.2) is 30.3 Å². The van der Waals surface area contributed by atoms with Gasteiger partial charge in [0.1, 0.15) is 5.60 Å². The Kier molecular flexibility index (Phi) is 7.56. The lowest BCUT2D eigenvalue weighted by Crippen LogP contribution is -2.54. The number of carbonyl (C=O) groups excluding carboxylic acids is 1. The maximum Gasteiger partial charge on any atom is 0.410 e. The molecule has 1 unspecified atom stereocenters. The first kappa shape index (κ1) is 19.5. The Hall–Kier alpha value is -1.55. The minimum atomic E-state index is -0.435. The van der Waals surface area contributed by atoms with Gasteiger partial charge in [-0.1, -0.05) is 44.2 Å². The molecule has 0 saturated carbocycles. The van der Waals surface area contributed by atoms with Gasteiger partial charge < -0.3 is 9.64 Å². The van der Waals surface area contributed by atoms with E-state index in [9.17, 15) is 4.79 Å². The molecule has 1 atom stereocenters. The summed E-state index contributed by atoms with van der Waals surface area (Å²) in [5.41, 5.74) is 0.871. The average Bonchev–Trinajstić information content (AvgIpc) is 2.51. The van der Waals surface area contributed by atoms with Gasteiger partial charge in [0.15, 0.2) is 0 Å². The largest absolute Gasteiger partial charge is 0.444 e. The van der Waals surface area contributed by atoms with Gasteiger partial charge >= 0.3 is 6.09 Å². The number of likely N-dealkylation sites (N-methyl/N-ethyl adjacent to an activating group) is 1. The summed E-state index contributed by atoms with van der Waals surface area (Å²) in [6.45, 7) is 12.1. The Morgan fingerprint density at radius 3 is 2.35 bits per heavy atom. The number of amides is 1. The number of hydrogen-bond acceptors (Lipinski definition) is 3. The van der Waals surface area contributed by atoms with Crippen molar-refractivity contribution in [2.45, 2.75) is 52.7 Å². The van der Waals surface area contributed by atoms with E-state index in [1.165, 1.54) is 5.56 Å². The molecule has 1 aromatic carbocycles. The highest BCUT2D eigenvalue weighted by molar-refractivity contribution is 5.68. The van der Waals surface area contributed by atoms with E-state index in [-0.39, 0.29) is 6.09 Å². The van der Waals surface area contributed by atoms with E-state index in [2.05, 4.69) is 36.2 Å². The lowest BCUT2D eigenvalue weighted by atomic mass is 10.0. The lowest BCUT2D eigenvalue weighted by molar-refractivity contribution is 0.00764. The molecule has 1 heterocycles. The van der Waals surface area contributed by atoms with Gasteiger partial charge in [0, 0.05) is 25.7 Å². The maximum absolute atomic E-state index is 12.2. The van der Waals surface area contributed by atoms with Crippen LogP contribution in [0.1, 0.15) is 40.2 Å². The van der Waals surface area contributed by atoms with Gasteiger partial charge in [-0.2, -0.15) is 0 Å². The van der Waals surface area contributed by atoms with Crippen LogP contribution in [0.2, 0.25) is 0 Å². The van der Waals surface area contributed by atoms with E-state index in [1.54, 1.807) is 0 Å². The quantitative estimate of drug-likeness (QED) is 0.831. The molecule has 2 rings (SSSR count). The number of benzene rings is 1. The van der Waals surface area contributed by atoms with Crippen molar-refractivity contribution in [1.29, 1.82) is 0 Å². The average molecular weight is 320 g/mol. The predicted octanol–water partition coefficient (Wildman–Crippen LogP) is 3.81. The summed E-state index contributed by atoms with van der Waals surface area (Å²) in [5.74, 6) is 0. The minimum Gasteiger partial charge on any atom is -0.444 e. The van der Waals surface area contributed by atoms with E-state index >= 15 is 0 Å². The minimum absolute atomic E-state index is 0.200. The third kappa shape index (κ3) is 6.61. The molecule has 130 valence electrons. The third-order valence-corrected chi connectivity index (χ3v) is 3.74. The van der Waals surface area contributed by atoms with Crippen LogP contribution in [0.3, 0.4) is 0 Å². The number of hydrogen-bond donors (Lipinski definition) is 0. The number of nitrogens with zero attached hydrogens (tertiary/aromatic N) is 2. The van der Waals surface area contributed by atoms with Crippen LogP contribution in [-0.2, 0) is 11.2 Å². The molecule has 0 spiro atoms. The van der Waals surface area contributed by atoms with Gasteiger partial charge in [0.25, 0.3) is 0 Å². The van der Waals surface area contributed by atoms with Crippen LogP contribution in [0.25, 0.3) is 0 Å². The normalized spacial score (nSPS) is 18.9. The highest BCUT2D eigenvalue weighted by Gasteiger charge is 2.30. The molecular formula is C19H32N2O2. The standard InChI is InChI=1S/C17H26N2O2.C2H6/c1-17(2,3)21-16(20)19-11-10-18(4)15(13-19)12-14-8-6-5-7-9-14;1-2/h5-9,15H,10-13H2,1-4H3;1-2H3. The van der Waals surface area contributed by atoms with Crippen molar-refractivity contribution >= 4 is 6.09 Å². The molecule has 1 amide bonds. The zero-order chi connectivity index (χ0) is 17.5. The van der Waals surface area contributed by atoms with Crippen LogP contribution >= 0.6 is 0 Å². The monoisotopic (exact) mass is 320 g/mol. The number of carbonyl (C=O) groups is 1. The van der Waals surface area contributed by atoms with Crippen LogP contribution in [-0.4, -0.2) is 54.2 Å². The molecule has 1 fully saturated rings. The zero-order valence-corrected chi connectivity index (χ0v) is 15.5. The molecule has 1 aliphatic rings. The Balaban J connectivity index is 0.00000127. The van der Waals surface area contributed by atoms with E-state index in [4.69, 9.17) is 4.74 Å². The molecule has 23 heavy (non-hydrogen) atoms. The Morgan fingerprint density at radius 1 is 1.17 bits per heavy atom. The molecular weight excluding hydrogens is 288 g/mol. The fourth-order valence-electron chi connectivity index (χ4n) is 2.54. The van der Waals surface area contributed by atoms with Crippen molar-refractivity contribution in [2.75, 3.05) is 26.7 Å². The summed E-state index contributed by atoms with van der Waals surface area (Å²) >= 11 is 0. The number of rotatable bonds is 2. The summed E-state index contributed by atoms with van der Waals surface area (Å²) in [7, 11) is 2.13. The molecule has 1 aliphatic heterocycles. The predicted molar refractivity (Wildman–Crippen MR) is 95.7 cm³/mol. The zero-order valence-electron chi connectivity index (χ0n) is 15.5. The van der Waals surface area contributed by atoms with Gasteiger partial charge in [0.05, 0.1) is 0 Å². The van der Waals surface area contributed by atoms with E-state index in [0.29, 0.717) is 6.04 Å². The second-order valence-electron chi connectivity index (χ2n) is 6.75. The van der Waals surface area contributed by atoms with Crippen LogP contribution in [0.5, 0.6) is 0 Å². The van der Waals surface area contributed by atoms with E-state index in [1.807, 2.05) is 45.6 Å². The van der Waals surface area contributed by atoms with E-state index < -0.39 is 5.60 Å². The summed E-state index contributed by atoms with van der Waals surface area (Å²) < 4.78 is 5.48. The molecule has 4 heteroatoms. The maximum atomic E-state index is 12.2. The van der Waals surface area contributed by atoms with E-state index in [0.717, 1.165) is 26.1 Å². The smallest absolute Gasteiger partial charge is 0.410 e. The van der Waals surface area contributed by atoms with Crippen LogP contribution in [0.4, 0.5) is 4.79 Å². The van der Waals surface area contributed by atoms with Crippen molar-refractivity contribution in [2.24, 2.45) is 0 Å². The summed E-state index contributed by atoms with van der Waals surface area (Å²) in [6.07, 6.45) is 0.755. The van der Waals surface area contributed by atoms with Gasteiger partial charge in [-0.05, 0) is 39.8 Å². The second-order valence-corrected chi connectivity index (χ2v) is 6.75. The topological polar surface area (TPSA) is 32.8 Å². The van der Waals surface area contributed by atoms with Crippen LogP contribution in [0, 0.1) is 0 Å². The summed E-state index contributed by atoms with van der Waals surface area (Å²) in [5, 5.41) is 0. The number of ether oxygens (including phenoxy) is 1. The van der Waals surface area contributed by atoms with Gasteiger partial charge in [-0.25, -0.2) is 4.79 Å². The van der Waals surface area contributed by atoms with Crippen molar-refractivity contribution in [3.63, 3.8) is 0 Å². The lowest BCUT2D eigenvalue weighted by Gasteiger charge is -2.40. The fraction of sp³-hybridized carbons (Fsp3) is 0.632. The first-order valence-electron chi connectivity index (χ1n) is 8.57. The molecule has 0 radical (unpaired) electrons. The van der Waals surface area contributed by atoms with Crippen LogP contribution < -0.4 is 0 Å². The second kappa shape index (κ2) is 8.92. The molecule has 0 N–H and O–H groups in total.